The Morgan fingerprint density at radius 1 is 1.45 bits per heavy atom. The van der Waals surface area contributed by atoms with Gasteiger partial charge in [0.25, 0.3) is 5.91 Å². The number of rotatable bonds is 3. The fourth-order valence-corrected chi connectivity index (χ4v) is 3.02. The summed E-state index contributed by atoms with van der Waals surface area (Å²) < 4.78 is 0.799. The summed E-state index contributed by atoms with van der Waals surface area (Å²) in [4.78, 5) is 16.7. The second kappa shape index (κ2) is 6.59. The van der Waals surface area contributed by atoms with E-state index < -0.39 is 0 Å². The van der Waals surface area contributed by atoms with Gasteiger partial charge in [-0.05, 0) is 37.6 Å². The highest BCUT2D eigenvalue weighted by atomic mass is 79.9. The van der Waals surface area contributed by atoms with Gasteiger partial charge in [0.15, 0.2) is 0 Å². The molecule has 0 unspecified atom stereocenters. The van der Waals surface area contributed by atoms with Crippen molar-refractivity contribution in [3.63, 3.8) is 0 Å². The number of nitrogens with zero attached hydrogens (tertiary/aromatic N) is 2. The first-order chi connectivity index (χ1) is 9.52. The zero-order valence-corrected chi connectivity index (χ0v) is 13.6. The Bertz CT molecular complexity index is 485. The smallest absolute Gasteiger partial charge is 0.257 e. The molecule has 0 aliphatic carbocycles. The van der Waals surface area contributed by atoms with E-state index in [1.54, 1.807) is 23.1 Å². The zero-order chi connectivity index (χ0) is 14.7. The zero-order valence-electron chi connectivity index (χ0n) is 12.0. The lowest BCUT2D eigenvalue weighted by Gasteiger charge is -2.36. The SMILES string of the molecule is CCN1CCC(N(C)C(=O)c2cc(Br)ccc2O)CC1. The van der Waals surface area contributed by atoms with Crippen molar-refractivity contribution in [3.8, 4) is 5.75 Å². The Morgan fingerprint density at radius 2 is 2.10 bits per heavy atom. The molecule has 1 aliphatic rings. The van der Waals surface area contributed by atoms with E-state index in [4.69, 9.17) is 0 Å². The van der Waals surface area contributed by atoms with Crippen molar-refractivity contribution >= 4 is 21.8 Å². The van der Waals surface area contributed by atoms with E-state index >= 15 is 0 Å². The lowest BCUT2D eigenvalue weighted by Crippen LogP contribution is -2.45. The van der Waals surface area contributed by atoms with Crippen molar-refractivity contribution < 1.29 is 9.90 Å². The Labute approximate surface area is 128 Å². The Hall–Kier alpha value is -1.07. The predicted molar refractivity (Wildman–Crippen MR) is 83.0 cm³/mol. The summed E-state index contributed by atoms with van der Waals surface area (Å²) in [5.41, 5.74) is 0.361. The van der Waals surface area contributed by atoms with Crippen LogP contribution in [-0.2, 0) is 0 Å². The first kappa shape index (κ1) is 15.3. The molecule has 1 heterocycles. The van der Waals surface area contributed by atoms with Crippen LogP contribution in [0.2, 0.25) is 0 Å². The summed E-state index contributed by atoms with van der Waals surface area (Å²) >= 11 is 3.34. The van der Waals surface area contributed by atoms with Crippen LogP contribution >= 0.6 is 15.9 Å². The molecule has 0 radical (unpaired) electrons. The average Bonchev–Trinajstić information content (AvgIpc) is 2.48. The van der Waals surface area contributed by atoms with Crippen molar-refractivity contribution in [3.05, 3.63) is 28.2 Å². The minimum absolute atomic E-state index is 0.0380. The molecule has 1 aromatic rings. The number of likely N-dealkylation sites (tertiary alicyclic amines) is 1. The van der Waals surface area contributed by atoms with E-state index in [-0.39, 0.29) is 17.7 Å². The molecule has 1 N–H and O–H groups in total. The number of hydrogen-bond acceptors (Lipinski definition) is 3. The minimum atomic E-state index is -0.112. The fraction of sp³-hybridized carbons (Fsp3) is 0.533. The number of carbonyl (C=O) groups is 1. The van der Waals surface area contributed by atoms with Crippen molar-refractivity contribution in [1.29, 1.82) is 0 Å². The predicted octanol–water partition coefficient (Wildman–Crippen LogP) is 2.71. The normalized spacial score (nSPS) is 17.1. The largest absolute Gasteiger partial charge is 0.507 e. The van der Waals surface area contributed by atoms with E-state index in [0.717, 1.165) is 36.9 Å². The van der Waals surface area contributed by atoms with Gasteiger partial charge in [0.1, 0.15) is 5.75 Å². The van der Waals surface area contributed by atoms with Crippen molar-refractivity contribution in [2.75, 3.05) is 26.7 Å². The molecule has 0 saturated carbocycles. The van der Waals surface area contributed by atoms with Crippen LogP contribution in [0.5, 0.6) is 5.75 Å². The second-order valence-corrected chi connectivity index (χ2v) is 6.16. The van der Waals surface area contributed by atoms with Gasteiger partial charge in [-0.25, -0.2) is 0 Å². The maximum atomic E-state index is 12.5. The molecule has 110 valence electrons. The molecule has 1 amide bonds. The maximum absolute atomic E-state index is 12.5. The lowest BCUT2D eigenvalue weighted by atomic mass is 10.0. The molecule has 2 rings (SSSR count). The molecule has 1 aliphatic heterocycles. The van der Waals surface area contributed by atoms with Gasteiger partial charge >= 0.3 is 0 Å². The lowest BCUT2D eigenvalue weighted by molar-refractivity contribution is 0.0644. The molecule has 0 spiro atoms. The summed E-state index contributed by atoms with van der Waals surface area (Å²) in [6.07, 6.45) is 1.98. The Kier molecular flexibility index (Phi) is 5.05. The third kappa shape index (κ3) is 3.33. The molecule has 1 fully saturated rings. The number of halogens is 1. The molecule has 20 heavy (non-hydrogen) atoms. The number of amides is 1. The average molecular weight is 341 g/mol. The summed E-state index contributed by atoms with van der Waals surface area (Å²) in [6, 6.07) is 5.20. The van der Waals surface area contributed by atoms with Gasteiger partial charge < -0.3 is 14.9 Å². The summed E-state index contributed by atoms with van der Waals surface area (Å²) in [7, 11) is 1.83. The van der Waals surface area contributed by atoms with Gasteiger partial charge in [-0.15, -0.1) is 0 Å². The van der Waals surface area contributed by atoms with Gasteiger partial charge in [-0.3, -0.25) is 4.79 Å². The van der Waals surface area contributed by atoms with Gasteiger partial charge in [0.05, 0.1) is 5.56 Å². The summed E-state index contributed by atoms with van der Waals surface area (Å²) in [5, 5.41) is 9.86. The van der Waals surface area contributed by atoms with Crippen LogP contribution in [0.25, 0.3) is 0 Å². The quantitative estimate of drug-likeness (QED) is 0.919. The standard InChI is InChI=1S/C15H21BrN2O2/c1-3-18-8-6-12(7-9-18)17(2)15(20)13-10-11(16)4-5-14(13)19/h4-5,10,12,19H,3,6-9H2,1-2H3. The first-order valence-electron chi connectivity index (χ1n) is 7.01. The highest BCUT2D eigenvalue weighted by molar-refractivity contribution is 9.10. The van der Waals surface area contributed by atoms with Crippen LogP contribution in [0.4, 0.5) is 0 Å². The number of aromatic hydroxyl groups is 1. The van der Waals surface area contributed by atoms with Crippen LogP contribution in [0.15, 0.2) is 22.7 Å². The molecule has 4 nitrogen and oxygen atoms in total. The van der Waals surface area contributed by atoms with Crippen LogP contribution < -0.4 is 0 Å². The van der Waals surface area contributed by atoms with E-state index in [2.05, 4.69) is 27.8 Å². The summed E-state index contributed by atoms with van der Waals surface area (Å²) in [5.74, 6) is -0.0743. The second-order valence-electron chi connectivity index (χ2n) is 5.24. The molecular formula is C15H21BrN2O2. The van der Waals surface area contributed by atoms with Crippen molar-refractivity contribution in [2.24, 2.45) is 0 Å². The van der Waals surface area contributed by atoms with Crippen LogP contribution in [0.1, 0.15) is 30.1 Å². The van der Waals surface area contributed by atoms with E-state index in [9.17, 15) is 9.90 Å². The third-order valence-electron chi connectivity index (χ3n) is 4.06. The van der Waals surface area contributed by atoms with Crippen LogP contribution in [0.3, 0.4) is 0 Å². The number of phenolic OH excluding ortho intramolecular Hbond substituents is 1. The number of piperidine rings is 1. The minimum Gasteiger partial charge on any atom is -0.507 e. The van der Waals surface area contributed by atoms with Gasteiger partial charge in [-0.1, -0.05) is 22.9 Å². The molecule has 0 atom stereocenters. The molecule has 0 bridgehead atoms. The first-order valence-corrected chi connectivity index (χ1v) is 7.80. The van der Waals surface area contributed by atoms with Gasteiger partial charge in [0, 0.05) is 30.7 Å². The van der Waals surface area contributed by atoms with E-state index in [1.165, 1.54) is 0 Å². The molecule has 5 heteroatoms. The highest BCUT2D eigenvalue weighted by Gasteiger charge is 2.26. The highest BCUT2D eigenvalue weighted by Crippen LogP contribution is 2.25. The Morgan fingerprint density at radius 3 is 2.70 bits per heavy atom. The van der Waals surface area contributed by atoms with E-state index in [0.29, 0.717) is 5.56 Å². The summed E-state index contributed by atoms with van der Waals surface area (Å²) in [6.45, 7) is 5.29. The number of phenols is 1. The molecular weight excluding hydrogens is 320 g/mol. The van der Waals surface area contributed by atoms with Crippen molar-refractivity contribution in [1.82, 2.24) is 9.80 Å². The number of carbonyl (C=O) groups excluding carboxylic acids is 1. The Balaban J connectivity index is 2.07. The fourth-order valence-electron chi connectivity index (χ4n) is 2.66. The molecule has 0 aromatic heterocycles. The maximum Gasteiger partial charge on any atom is 0.257 e. The van der Waals surface area contributed by atoms with Crippen molar-refractivity contribution in [2.45, 2.75) is 25.8 Å². The number of hydrogen-bond donors (Lipinski definition) is 1. The number of benzene rings is 1. The topological polar surface area (TPSA) is 43.8 Å². The van der Waals surface area contributed by atoms with Gasteiger partial charge in [0.2, 0.25) is 0 Å². The monoisotopic (exact) mass is 340 g/mol. The van der Waals surface area contributed by atoms with Crippen LogP contribution in [0, 0.1) is 0 Å². The third-order valence-corrected chi connectivity index (χ3v) is 4.55. The molecule has 1 saturated heterocycles. The van der Waals surface area contributed by atoms with Crippen LogP contribution in [-0.4, -0.2) is 53.5 Å². The van der Waals surface area contributed by atoms with E-state index in [1.807, 2.05) is 7.05 Å². The van der Waals surface area contributed by atoms with Gasteiger partial charge in [-0.2, -0.15) is 0 Å². The molecule has 1 aromatic carbocycles.